The SMILES string of the molecule is COc1ccccc1N1C(SCC(=O)Nc2cccc(Cl)c2)=N[C@@H]2CS(=O)(=O)C[C@H]21. The van der Waals surface area contributed by atoms with Crippen molar-refractivity contribution in [2.24, 2.45) is 4.99 Å². The number of carbonyl (C=O) groups is 1. The summed E-state index contributed by atoms with van der Waals surface area (Å²) in [6, 6.07) is 13.7. The number of para-hydroxylation sites is 2. The minimum absolute atomic E-state index is 0.0160. The molecule has 1 N–H and O–H groups in total. The van der Waals surface area contributed by atoms with E-state index in [0.29, 0.717) is 21.6 Å². The molecule has 0 saturated carbocycles. The van der Waals surface area contributed by atoms with Crippen molar-refractivity contribution in [3.05, 3.63) is 53.6 Å². The van der Waals surface area contributed by atoms with Gasteiger partial charge in [0.25, 0.3) is 0 Å². The van der Waals surface area contributed by atoms with Gasteiger partial charge in [0, 0.05) is 10.7 Å². The lowest BCUT2D eigenvalue weighted by molar-refractivity contribution is -0.113. The summed E-state index contributed by atoms with van der Waals surface area (Å²) in [5.74, 6) is 0.595. The second kappa shape index (κ2) is 8.49. The molecule has 1 amide bonds. The molecule has 0 aliphatic carbocycles. The Kier molecular flexibility index (Phi) is 5.95. The van der Waals surface area contributed by atoms with Crippen LogP contribution in [0.25, 0.3) is 0 Å². The third kappa shape index (κ3) is 4.43. The number of nitrogens with one attached hydrogen (secondary N) is 1. The number of thioether (sulfide) groups is 1. The summed E-state index contributed by atoms with van der Waals surface area (Å²) in [7, 11) is -1.59. The number of rotatable bonds is 5. The van der Waals surface area contributed by atoms with Crippen LogP contribution in [0.2, 0.25) is 5.02 Å². The Bertz CT molecular complexity index is 1110. The Labute approximate surface area is 184 Å². The van der Waals surface area contributed by atoms with Gasteiger partial charge in [-0.3, -0.25) is 9.79 Å². The van der Waals surface area contributed by atoms with E-state index in [9.17, 15) is 13.2 Å². The van der Waals surface area contributed by atoms with E-state index in [4.69, 9.17) is 16.3 Å². The van der Waals surface area contributed by atoms with Gasteiger partial charge in [0.05, 0.1) is 42.1 Å². The average molecular weight is 466 g/mol. The third-order valence-electron chi connectivity index (χ3n) is 4.89. The first kappa shape index (κ1) is 21.0. The van der Waals surface area contributed by atoms with Gasteiger partial charge in [0.15, 0.2) is 15.0 Å². The van der Waals surface area contributed by atoms with Crippen LogP contribution < -0.4 is 15.0 Å². The van der Waals surface area contributed by atoms with Gasteiger partial charge in [-0.25, -0.2) is 8.42 Å². The van der Waals surface area contributed by atoms with Crippen molar-refractivity contribution in [1.29, 1.82) is 0 Å². The van der Waals surface area contributed by atoms with E-state index in [-0.39, 0.29) is 35.2 Å². The molecule has 1 fully saturated rings. The Morgan fingerprint density at radius 1 is 1.27 bits per heavy atom. The van der Waals surface area contributed by atoms with E-state index in [1.165, 1.54) is 11.8 Å². The molecule has 2 aliphatic rings. The average Bonchev–Trinajstić information content (AvgIpc) is 3.17. The van der Waals surface area contributed by atoms with E-state index in [1.54, 1.807) is 31.4 Å². The maximum Gasteiger partial charge on any atom is 0.234 e. The first-order valence-corrected chi connectivity index (χ1v) is 12.4. The number of fused-ring (bicyclic) bond motifs is 1. The van der Waals surface area contributed by atoms with Crippen molar-refractivity contribution in [2.75, 3.05) is 34.6 Å². The largest absolute Gasteiger partial charge is 0.495 e. The van der Waals surface area contributed by atoms with Crippen molar-refractivity contribution in [2.45, 2.75) is 12.1 Å². The summed E-state index contributed by atoms with van der Waals surface area (Å²) < 4.78 is 29.8. The maximum absolute atomic E-state index is 12.4. The van der Waals surface area contributed by atoms with E-state index in [0.717, 1.165) is 5.69 Å². The molecule has 0 spiro atoms. The van der Waals surface area contributed by atoms with Crippen LogP contribution in [-0.4, -0.2) is 55.9 Å². The maximum atomic E-state index is 12.4. The van der Waals surface area contributed by atoms with Crippen molar-refractivity contribution < 1.29 is 17.9 Å². The van der Waals surface area contributed by atoms with Crippen molar-refractivity contribution >= 4 is 55.6 Å². The van der Waals surface area contributed by atoms with Crippen LogP contribution in [0.3, 0.4) is 0 Å². The van der Waals surface area contributed by atoms with Gasteiger partial charge in [-0.1, -0.05) is 41.6 Å². The molecule has 1 saturated heterocycles. The number of aliphatic imine (C=N–C) groups is 1. The number of amidine groups is 1. The molecule has 2 aromatic carbocycles. The zero-order valence-corrected chi connectivity index (χ0v) is 18.5. The summed E-state index contributed by atoms with van der Waals surface area (Å²) in [5.41, 5.74) is 1.36. The Morgan fingerprint density at radius 2 is 2.07 bits per heavy atom. The number of hydrogen-bond acceptors (Lipinski definition) is 7. The number of nitrogens with zero attached hydrogens (tertiary/aromatic N) is 2. The Balaban J connectivity index is 1.54. The predicted octanol–water partition coefficient (Wildman–Crippen LogP) is 3.06. The van der Waals surface area contributed by atoms with Crippen molar-refractivity contribution in [1.82, 2.24) is 0 Å². The van der Waals surface area contributed by atoms with Crippen LogP contribution in [0.15, 0.2) is 53.5 Å². The van der Waals surface area contributed by atoms with Gasteiger partial charge >= 0.3 is 0 Å². The standard InChI is InChI=1S/C20H20ClN3O4S2/c1-28-18-8-3-2-7-16(18)24-17-12-30(26,27)11-15(17)23-20(24)29-10-19(25)22-14-6-4-5-13(21)9-14/h2-9,15,17H,10-12H2,1H3,(H,22,25)/t15-,17-/m1/s1. The lowest BCUT2D eigenvalue weighted by Gasteiger charge is -2.27. The fourth-order valence-electron chi connectivity index (χ4n) is 3.64. The number of halogens is 1. The van der Waals surface area contributed by atoms with E-state index in [2.05, 4.69) is 10.3 Å². The minimum Gasteiger partial charge on any atom is -0.495 e. The molecule has 2 aliphatic heterocycles. The summed E-state index contributed by atoms with van der Waals surface area (Å²) >= 11 is 7.23. The van der Waals surface area contributed by atoms with Gasteiger partial charge in [0.1, 0.15) is 5.75 Å². The predicted molar refractivity (Wildman–Crippen MR) is 122 cm³/mol. The zero-order valence-electron chi connectivity index (χ0n) is 16.1. The molecule has 2 atom stereocenters. The molecule has 2 heterocycles. The van der Waals surface area contributed by atoms with Crippen molar-refractivity contribution in [3.63, 3.8) is 0 Å². The smallest absolute Gasteiger partial charge is 0.234 e. The van der Waals surface area contributed by atoms with Crippen LogP contribution >= 0.6 is 23.4 Å². The number of amides is 1. The van der Waals surface area contributed by atoms with Crippen molar-refractivity contribution in [3.8, 4) is 5.75 Å². The molecule has 4 rings (SSSR count). The Hall–Kier alpha value is -2.23. The van der Waals surface area contributed by atoms with Gasteiger partial charge in [-0.2, -0.15) is 0 Å². The third-order valence-corrected chi connectivity index (χ3v) is 7.79. The normalized spacial score (nSPS) is 21.8. The lowest BCUT2D eigenvalue weighted by atomic mass is 10.1. The molecule has 158 valence electrons. The molecule has 30 heavy (non-hydrogen) atoms. The Morgan fingerprint density at radius 3 is 2.83 bits per heavy atom. The topological polar surface area (TPSA) is 88.1 Å². The molecule has 0 unspecified atom stereocenters. The quantitative estimate of drug-likeness (QED) is 0.730. The number of benzene rings is 2. The lowest BCUT2D eigenvalue weighted by Crippen LogP contribution is -2.39. The first-order valence-electron chi connectivity index (χ1n) is 9.25. The number of sulfone groups is 1. The number of carbonyl (C=O) groups excluding carboxylic acids is 1. The number of hydrogen-bond donors (Lipinski definition) is 1. The van der Waals surface area contributed by atoms with Crippen LogP contribution in [0, 0.1) is 0 Å². The van der Waals surface area contributed by atoms with E-state index in [1.807, 2.05) is 29.2 Å². The van der Waals surface area contributed by atoms with Crippen LogP contribution in [0.5, 0.6) is 5.75 Å². The highest BCUT2D eigenvalue weighted by Crippen LogP contribution is 2.39. The first-order chi connectivity index (χ1) is 14.4. The molecule has 2 aromatic rings. The second-order valence-electron chi connectivity index (χ2n) is 7.01. The fourth-order valence-corrected chi connectivity index (χ4v) is 6.59. The van der Waals surface area contributed by atoms with Crippen LogP contribution in [0.4, 0.5) is 11.4 Å². The van der Waals surface area contributed by atoms with Gasteiger partial charge < -0.3 is 15.0 Å². The molecule has 0 radical (unpaired) electrons. The van der Waals surface area contributed by atoms with Gasteiger partial charge in [-0.05, 0) is 30.3 Å². The number of anilines is 2. The summed E-state index contributed by atoms with van der Waals surface area (Å²) in [6.45, 7) is 0. The molecule has 0 aromatic heterocycles. The summed E-state index contributed by atoms with van der Waals surface area (Å²) in [5, 5.41) is 3.96. The van der Waals surface area contributed by atoms with Crippen LogP contribution in [0.1, 0.15) is 0 Å². The minimum atomic E-state index is -3.16. The zero-order chi connectivity index (χ0) is 21.3. The molecular formula is C20H20ClN3O4S2. The van der Waals surface area contributed by atoms with Crippen LogP contribution in [-0.2, 0) is 14.6 Å². The fraction of sp³-hybridized carbons (Fsp3) is 0.300. The summed E-state index contributed by atoms with van der Waals surface area (Å²) in [6.07, 6.45) is 0. The van der Waals surface area contributed by atoms with Gasteiger partial charge in [0.2, 0.25) is 5.91 Å². The molecule has 7 nitrogen and oxygen atoms in total. The highest BCUT2D eigenvalue weighted by molar-refractivity contribution is 8.14. The molecule has 0 bridgehead atoms. The molecular weight excluding hydrogens is 446 g/mol. The van der Waals surface area contributed by atoms with Gasteiger partial charge in [-0.15, -0.1) is 0 Å². The second-order valence-corrected chi connectivity index (χ2v) is 10.5. The highest BCUT2D eigenvalue weighted by atomic mass is 35.5. The monoisotopic (exact) mass is 465 g/mol. The summed E-state index contributed by atoms with van der Waals surface area (Å²) in [4.78, 5) is 19.0. The van der Waals surface area contributed by atoms with E-state index >= 15 is 0 Å². The van der Waals surface area contributed by atoms with E-state index < -0.39 is 9.84 Å². The number of methoxy groups -OCH3 is 1. The number of ether oxygens (including phenoxy) is 1. The molecule has 10 heteroatoms. The highest BCUT2D eigenvalue weighted by Gasteiger charge is 2.47.